The SMILES string of the molecule is Cn1cc2c(NCC(O)c3ccccc3Cl)ncnc2n1. The van der Waals surface area contributed by atoms with Crippen LogP contribution in [0.2, 0.25) is 5.02 Å². The topological polar surface area (TPSA) is 75.9 Å². The van der Waals surface area contributed by atoms with Crippen molar-refractivity contribution in [2.24, 2.45) is 7.05 Å². The van der Waals surface area contributed by atoms with Crippen LogP contribution in [-0.2, 0) is 7.05 Å². The summed E-state index contributed by atoms with van der Waals surface area (Å²) in [5.74, 6) is 0.638. The zero-order valence-electron chi connectivity index (χ0n) is 11.4. The molecule has 1 aromatic carbocycles. The molecule has 0 aliphatic carbocycles. The lowest BCUT2D eigenvalue weighted by Gasteiger charge is -2.14. The third-order valence-electron chi connectivity index (χ3n) is 3.16. The summed E-state index contributed by atoms with van der Waals surface area (Å²) in [6.07, 6.45) is 2.56. The molecule has 0 bridgehead atoms. The first-order chi connectivity index (χ1) is 10.1. The molecule has 0 saturated carbocycles. The largest absolute Gasteiger partial charge is 0.387 e. The number of hydrogen-bond acceptors (Lipinski definition) is 5. The molecular weight excluding hydrogens is 290 g/mol. The predicted molar refractivity (Wildman–Crippen MR) is 81.2 cm³/mol. The number of aliphatic hydroxyl groups excluding tert-OH is 1. The van der Waals surface area contributed by atoms with E-state index < -0.39 is 6.10 Å². The summed E-state index contributed by atoms with van der Waals surface area (Å²) in [7, 11) is 1.82. The minimum absolute atomic E-state index is 0.296. The van der Waals surface area contributed by atoms with Crippen molar-refractivity contribution < 1.29 is 5.11 Å². The highest BCUT2D eigenvalue weighted by Gasteiger charge is 2.13. The fourth-order valence-corrected chi connectivity index (χ4v) is 2.40. The van der Waals surface area contributed by atoms with Crippen LogP contribution < -0.4 is 5.32 Å². The molecule has 2 N–H and O–H groups in total. The van der Waals surface area contributed by atoms with Gasteiger partial charge in [-0.1, -0.05) is 29.8 Å². The van der Waals surface area contributed by atoms with Crippen LogP contribution in [0.25, 0.3) is 11.0 Å². The molecule has 21 heavy (non-hydrogen) atoms. The van der Waals surface area contributed by atoms with Gasteiger partial charge >= 0.3 is 0 Å². The van der Waals surface area contributed by atoms with E-state index in [1.54, 1.807) is 16.8 Å². The van der Waals surface area contributed by atoms with Crippen molar-refractivity contribution in [3.8, 4) is 0 Å². The molecule has 3 aromatic rings. The van der Waals surface area contributed by atoms with Crippen molar-refractivity contribution in [2.75, 3.05) is 11.9 Å². The normalized spacial score (nSPS) is 12.5. The van der Waals surface area contributed by atoms with Gasteiger partial charge in [-0.3, -0.25) is 4.68 Å². The summed E-state index contributed by atoms with van der Waals surface area (Å²) in [5, 5.41) is 18.9. The predicted octanol–water partition coefficient (Wildman–Crippen LogP) is 2.16. The Morgan fingerprint density at radius 1 is 1.33 bits per heavy atom. The third-order valence-corrected chi connectivity index (χ3v) is 3.50. The molecule has 0 aliphatic rings. The Morgan fingerprint density at radius 2 is 2.14 bits per heavy atom. The smallest absolute Gasteiger partial charge is 0.186 e. The lowest BCUT2D eigenvalue weighted by atomic mass is 10.1. The van der Waals surface area contributed by atoms with Crippen LogP contribution in [0.3, 0.4) is 0 Å². The molecule has 0 saturated heterocycles. The van der Waals surface area contributed by atoms with Gasteiger partial charge in [0.2, 0.25) is 0 Å². The third kappa shape index (κ3) is 2.81. The Kier molecular flexibility index (Phi) is 3.72. The fraction of sp³-hybridized carbons (Fsp3) is 0.214. The molecule has 1 unspecified atom stereocenters. The first-order valence-electron chi connectivity index (χ1n) is 6.46. The zero-order chi connectivity index (χ0) is 14.8. The Bertz CT molecular complexity index is 773. The molecule has 3 rings (SSSR count). The van der Waals surface area contributed by atoms with Crippen molar-refractivity contribution in [1.29, 1.82) is 0 Å². The summed E-state index contributed by atoms with van der Waals surface area (Å²) >= 11 is 6.07. The minimum atomic E-state index is -0.722. The lowest BCUT2D eigenvalue weighted by Crippen LogP contribution is -2.13. The molecular formula is C14H14ClN5O. The first kappa shape index (κ1) is 13.8. The van der Waals surface area contributed by atoms with Gasteiger partial charge in [-0.15, -0.1) is 0 Å². The van der Waals surface area contributed by atoms with E-state index in [2.05, 4.69) is 20.4 Å². The van der Waals surface area contributed by atoms with Gasteiger partial charge in [0, 0.05) is 30.4 Å². The summed E-state index contributed by atoms with van der Waals surface area (Å²) in [6, 6.07) is 7.22. The van der Waals surface area contributed by atoms with Gasteiger partial charge < -0.3 is 10.4 Å². The van der Waals surface area contributed by atoms with Crippen molar-refractivity contribution in [3.05, 3.63) is 47.4 Å². The zero-order valence-corrected chi connectivity index (χ0v) is 12.1. The van der Waals surface area contributed by atoms with Crippen LogP contribution in [0.1, 0.15) is 11.7 Å². The highest BCUT2D eigenvalue weighted by Crippen LogP contribution is 2.24. The molecule has 2 aromatic heterocycles. The van der Waals surface area contributed by atoms with Crippen LogP contribution in [-0.4, -0.2) is 31.4 Å². The Balaban J connectivity index is 1.79. The maximum Gasteiger partial charge on any atom is 0.186 e. The van der Waals surface area contributed by atoms with Gasteiger partial charge in [0.25, 0.3) is 0 Å². The first-order valence-corrected chi connectivity index (χ1v) is 6.83. The van der Waals surface area contributed by atoms with Crippen LogP contribution in [0.4, 0.5) is 5.82 Å². The Morgan fingerprint density at radius 3 is 2.95 bits per heavy atom. The number of hydrogen-bond donors (Lipinski definition) is 2. The molecule has 0 spiro atoms. The van der Waals surface area contributed by atoms with E-state index in [4.69, 9.17) is 11.6 Å². The molecule has 6 nitrogen and oxygen atoms in total. The van der Waals surface area contributed by atoms with Gasteiger partial charge in [0.15, 0.2) is 5.65 Å². The summed E-state index contributed by atoms with van der Waals surface area (Å²) < 4.78 is 1.68. The summed E-state index contributed by atoms with van der Waals surface area (Å²) in [6.45, 7) is 0.296. The number of anilines is 1. The average Bonchev–Trinajstić information content (AvgIpc) is 2.86. The lowest BCUT2D eigenvalue weighted by molar-refractivity contribution is 0.191. The van der Waals surface area contributed by atoms with E-state index >= 15 is 0 Å². The molecule has 0 aliphatic heterocycles. The average molecular weight is 304 g/mol. The Hall–Kier alpha value is -2.18. The number of aliphatic hydroxyl groups is 1. The number of fused-ring (bicyclic) bond motifs is 1. The van der Waals surface area contributed by atoms with E-state index in [0.29, 0.717) is 28.6 Å². The van der Waals surface area contributed by atoms with E-state index in [1.165, 1.54) is 6.33 Å². The number of aryl methyl sites for hydroxylation is 1. The van der Waals surface area contributed by atoms with Crippen LogP contribution in [0.15, 0.2) is 36.8 Å². The number of nitrogens with zero attached hydrogens (tertiary/aromatic N) is 4. The van der Waals surface area contributed by atoms with Crippen molar-refractivity contribution >= 4 is 28.5 Å². The molecule has 0 radical (unpaired) electrons. The molecule has 108 valence electrons. The maximum absolute atomic E-state index is 10.2. The second-order valence-corrected chi connectivity index (χ2v) is 5.09. The highest BCUT2D eigenvalue weighted by atomic mass is 35.5. The van der Waals surface area contributed by atoms with Crippen LogP contribution >= 0.6 is 11.6 Å². The Labute approximate surface area is 126 Å². The van der Waals surface area contributed by atoms with E-state index in [1.807, 2.05) is 25.4 Å². The van der Waals surface area contributed by atoms with E-state index in [-0.39, 0.29) is 0 Å². The van der Waals surface area contributed by atoms with Gasteiger partial charge in [0.1, 0.15) is 12.1 Å². The van der Waals surface area contributed by atoms with Gasteiger partial charge in [0.05, 0.1) is 11.5 Å². The number of halogens is 1. The monoisotopic (exact) mass is 303 g/mol. The summed E-state index contributed by atoms with van der Waals surface area (Å²) in [5.41, 5.74) is 1.30. The standard InChI is InChI=1S/C14H14ClN5O/c1-20-7-10-13(17-8-18-14(10)19-20)16-6-12(21)9-4-2-3-5-11(9)15/h2-5,7-8,12,21H,6H2,1H3,(H,16,17,18,19). The molecule has 0 amide bonds. The number of nitrogens with one attached hydrogen (secondary N) is 1. The number of rotatable bonds is 4. The fourth-order valence-electron chi connectivity index (χ4n) is 2.14. The van der Waals surface area contributed by atoms with Crippen LogP contribution in [0, 0.1) is 0 Å². The van der Waals surface area contributed by atoms with Crippen molar-refractivity contribution in [3.63, 3.8) is 0 Å². The summed E-state index contributed by atoms with van der Waals surface area (Å²) in [4.78, 5) is 8.28. The van der Waals surface area contributed by atoms with Crippen LogP contribution in [0.5, 0.6) is 0 Å². The number of benzene rings is 1. The molecule has 7 heteroatoms. The number of aromatic nitrogens is 4. The second-order valence-electron chi connectivity index (χ2n) is 4.68. The van der Waals surface area contributed by atoms with Gasteiger partial charge in [-0.2, -0.15) is 5.10 Å². The van der Waals surface area contributed by atoms with E-state index in [9.17, 15) is 5.11 Å². The maximum atomic E-state index is 10.2. The van der Waals surface area contributed by atoms with E-state index in [0.717, 1.165) is 5.39 Å². The van der Waals surface area contributed by atoms with Gasteiger partial charge in [-0.25, -0.2) is 9.97 Å². The molecule has 2 heterocycles. The second kappa shape index (κ2) is 5.67. The molecule has 1 atom stereocenters. The van der Waals surface area contributed by atoms with Crippen molar-refractivity contribution in [1.82, 2.24) is 19.7 Å². The molecule has 0 fully saturated rings. The van der Waals surface area contributed by atoms with Gasteiger partial charge in [-0.05, 0) is 6.07 Å². The quantitative estimate of drug-likeness (QED) is 0.772. The minimum Gasteiger partial charge on any atom is -0.387 e. The highest BCUT2D eigenvalue weighted by molar-refractivity contribution is 6.31. The van der Waals surface area contributed by atoms with Crippen molar-refractivity contribution in [2.45, 2.75) is 6.10 Å².